The largest absolute Gasteiger partial charge is 0.483 e. The molecule has 0 aliphatic heterocycles. The minimum absolute atomic E-state index is 0.0183. The fourth-order valence-electron chi connectivity index (χ4n) is 1.75. The molecule has 0 heterocycles. The van der Waals surface area contributed by atoms with Crippen LogP contribution in [0.2, 0.25) is 5.02 Å². The van der Waals surface area contributed by atoms with Crippen molar-refractivity contribution in [2.75, 3.05) is 11.9 Å². The highest BCUT2D eigenvalue weighted by Crippen LogP contribution is 2.36. The van der Waals surface area contributed by atoms with E-state index >= 15 is 0 Å². The second-order valence-corrected chi connectivity index (χ2v) is 6.78. The molecule has 0 spiro atoms. The number of anilines is 1. The molecule has 0 aromatic heterocycles. The van der Waals surface area contributed by atoms with Crippen LogP contribution < -0.4 is 10.1 Å². The van der Waals surface area contributed by atoms with E-state index in [1.54, 1.807) is 18.2 Å². The molecule has 0 saturated carbocycles. The van der Waals surface area contributed by atoms with Crippen molar-refractivity contribution in [3.8, 4) is 5.75 Å². The molecule has 9 heteroatoms. The number of ether oxygens (including phenoxy) is 1. The molecule has 1 amide bonds. The van der Waals surface area contributed by atoms with Gasteiger partial charge in [0, 0.05) is 10.2 Å². The molecule has 0 radical (unpaired) electrons. The minimum Gasteiger partial charge on any atom is -0.483 e. The summed E-state index contributed by atoms with van der Waals surface area (Å²) in [5.41, 5.74) is -1.03. The van der Waals surface area contributed by atoms with Crippen LogP contribution in [0.3, 0.4) is 0 Å². The number of carbonyl (C=O) groups excluding carboxylic acids is 1. The molecule has 2 rings (SSSR count). The highest BCUT2D eigenvalue weighted by Gasteiger charge is 2.33. The molecule has 0 bridgehead atoms. The zero-order chi connectivity index (χ0) is 17.9. The summed E-state index contributed by atoms with van der Waals surface area (Å²) in [4.78, 5) is 11.8. The smallest absolute Gasteiger partial charge is 0.417 e. The van der Waals surface area contributed by atoms with E-state index in [0.717, 1.165) is 16.6 Å². The third-order valence-corrected chi connectivity index (χ3v) is 4.25. The number of halogens is 6. The van der Waals surface area contributed by atoms with Crippen molar-refractivity contribution in [3.63, 3.8) is 0 Å². The van der Waals surface area contributed by atoms with Crippen molar-refractivity contribution in [1.29, 1.82) is 0 Å². The Morgan fingerprint density at radius 1 is 1.17 bits per heavy atom. The van der Waals surface area contributed by atoms with E-state index in [1.165, 1.54) is 6.07 Å². The number of hydrogen-bond donors (Lipinski definition) is 1. The summed E-state index contributed by atoms with van der Waals surface area (Å²) in [6.07, 6.45) is -4.60. The Balaban J connectivity index is 2.02. The molecular formula is C15H9Br2ClF3NO2. The Morgan fingerprint density at radius 2 is 1.88 bits per heavy atom. The molecule has 1 N–H and O–H groups in total. The summed E-state index contributed by atoms with van der Waals surface area (Å²) in [6, 6.07) is 8.24. The Bertz CT molecular complexity index is 769. The van der Waals surface area contributed by atoms with Gasteiger partial charge in [-0.05, 0) is 52.3 Å². The third-order valence-electron chi connectivity index (χ3n) is 2.81. The van der Waals surface area contributed by atoms with Crippen molar-refractivity contribution in [1.82, 2.24) is 0 Å². The number of rotatable bonds is 4. The average molecular weight is 487 g/mol. The molecule has 0 unspecified atom stereocenters. The van der Waals surface area contributed by atoms with Gasteiger partial charge >= 0.3 is 6.18 Å². The van der Waals surface area contributed by atoms with E-state index < -0.39 is 22.7 Å². The predicted octanol–water partition coefficient (Wildman–Crippen LogP) is 5.90. The SMILES string of the molecule is O=C(COc1ccc(Br)cc1Br)Nc1ccc(Cl)c(C(F)(F)F)c1. The fraction of sp³-hybridized carbons (Fsp3) is 0.133. The fourth-order valence-corrected chi connectivity index (χ4v) is 3.14. The average Bonchev–Trinajstić information content (AvgIpc) is 2.47. The van der Waals surface area contributed by atoms with Gasteiger partial charge in [0.1, 0.15) is 5.75 Å². The van der Waals surface area contributed by atoms with Gasteiger partial charge in [0.25, 0.3) is 5.91 Å². The summed E-state index contributed by atoms with van der Waals surface area (Å²) in [5.74, 6) is -0.166. The molecular weight excluding hydrogens is 478 g/mol. The maximum Gasteiger partial charge on any atom is 0.417 e. The normalized spacial score (nSPS) is 11.2. The maximum atomic E-state index is 12.8. The highest BCUT2D eigenvalue weighted by atomic mass is 79.9. The first-order chi connectivity index (χ1) is 11.2. The second kappa shape index (κ2) is 7.76. The van der Waals surface area contributed by atoms with Crippen LogP contribution in [0.25, 0.3) is 0 Å². The quantitative estimate of drug-likeness (QED) is 0.583. The van der Waals surface area contributed by atoms with Gasteiger partial charge in [-0.3, -0.25) is 4.79 Å². The van der Waals surface area contributed by atoms with Crippen LogP contribution in [0.1, 0.15) is 5.56 Å². The van der Waals surface area contributed by atoms with Crippen molar-refractivity contribution < 1.29 is 22.7 Å². The van der Waals surface area contributed by atoms with Gasteiger partial charge in [-0.15, -0.1) is 0 Å². The van der Waals surface area contributed by atoms with Gasteiger partial charge in [0.05, 0.1) is 15.1 Å². The Hall–Kier alpha value is -1.25. The monoisotopic (exact) mass is 485 g/mol. The first-order valence-electron chi connectivity index (χ1n) is 6.41. The van der Waals surface area contributed by atoms with Crippen LogP contribution in [-0.4, -0.2) is 12.5 Å². The number of carbonyl (C=O) groups is 1. The molecule has 0 atom stereocenters. The van der Waals surface area contributed by atoms with Gasteiger partial charge in [0.2, 0.25) is 0 Å². The van der Waals surface area contributed by atoms with Crippen LogP contribution in [0, 0.1) is 0 Å². The summed E-state index contributed by atoms with van der Waals surface area (Å²) >= 11 is 12.1. The molecule has 2 aromatic carbocycles. The van der Waals surface area contributed by atoms with Gasteiger partial charge < -0.3 is 10.1 Å². The lowest BCUT2D eigenvalue weighted by atomic mass is 10.2. The van der Waals surface area contributed by atoms with Gasteiger partial charge in [0.15, 0.2) is 6.61 Å². The van der Waals surface area contributed by atoms with E-state index in [4.69, 9.17) is 16.3 Å². The highest BCUT2D eigenvalue weighted by molar-refractivity contribution is 9.11. The van der Waals surface area contributed by atoms with Gasteiger partial charge in [-0.2, -0.15) is 13.2 Å². The minimum atomic E-state index is -4.60. The van der Waals surface area contributed by atoms with Gasteiger partial charge in [-0.25, -0.2) is 0 Å². The molecule has 0 saturated heterocycles. The molecule has 24 heavy (non-hydrogen) atoms. The van der Waals surface area contributed by atoms with Crippen molar-refractivity contribution in [3.05, 3.63) is 55.9 Å². The van der Waals surface area contributed by atoms with E-state index in [2.05, 4.69) is 37.2 Å². The maximum absolute atomic E-state index is 12.8. The van der Waals surface area contributed by atoms with Crippen LogP contribution in [0.15, 0.2) is 45.3 Å². The van der Waals surface area contributed by atoms with Crippen LogP contribution in [-0.2, 0) is 11.0 Å². The van der Waals surface area contributed by atoms with Crippen LogP contribution >= 0.6 is 43.5 Å². The number of hydrogen-bond acceptors (Lipinski definition) is 2. The van der Waals surface area contributed by atoms with E-state index in [0.29, 0.717) is 10.2 Å². The van der Waals surface area contributed by atoms with Crippen molar-refractivity contribution in [2.45, 2.75) is 6.18 Å². The van der Waals surface area contributed by atoms with E-state index in [-0.39, 0.29) is 12.3 Å². The Kier molecular flexibility index (Phi) is 6.17. The summed E-state index contributed by atoms with van der Waals surface area (Å²) < 4.78 is 45.1. The van der Waals surface area contributed by atoms with Crippen LogP contribution in [0.4, 0.5) is 18.9 Å². The number of nitrogens with one attached hydrogen (secondary N) is 1. The predicted molar refractivity (Wildman–Crippen MR) is 92.4 cm³/mol. The van der Waals surface area contributed by atoms with E-state index in [9.17, 15) is 18.0 Å². The molecule has 0 aliphatic rings. The lowest BCUT2D eigenvalue weighted by molar-refractivity contribution is -0.137. The Morgan fingerprint density at radius 3 is 2.50 bits per heavy atom. The molecule has 0 aliphatic carbocycles. The number of amides is 1. The lowest BCUT2D eigenvalue weighted by Crippen LogP contribution is -2.20. The zero-order valence-electron chi connectivity index (χ0n) is 11.8. The topological polar surface area (TPSA) is 38.3 Å². The molecule has 2 aromatic rings. The van der Waals surface area contributed by atoms with Crippen molar-refractivity contribution in [2.24, 2.45) is 0 Å². The zero-order valence-corrected chi connectivity index (χ0v) is 15.7. The van der Waals surface area contributed by atoms with Crippen molar-refractivity contribution >= 4 is 55.1 Å². The van der Waals surface area contributed by atoms with E-state index in [1.807, 2.05) is 0 Å². The first kappa shape index (κ1) is 19.1. The standard InChI is InChI=1S/C15H9Br2ClF3NO2/c16-8-1-4-13(11(17)5-8)24-7-14(23)22-9-2-3-12(18)10(6-9)15(19,20)21/h1-6H,7H2,(H,22,23). The lowest BCUT2D eigenvalue weighted by Gasteiger charge is -2.12. The summed E-state index contributed by atoms with van der Waals surface area (Å²) in [5, 5.41) is 1.90. The van der Waals surface area contributed by atoms with Gasteiger partial charge in [-0.1, -0.05) is 27.5 Å². The molecule has 0 fully saturated rings. The Labute approximate surface area is 157 Å². The second-order valence-electron chi connectivity index (χ2n) is 4.60. The molecule has 3 nitrogen and oxygen atoms in total. The number of alkyl halides is 3. The van der Waals surface area contributed by atoms with Crippen LogP contribution in [0.5, 0.6) is 5.75 Å². The number of benzene rings is 2. The first-order valence-corrected chi connectivity index (χ1v) is 8.37. The summed E-state index contributed by atoms with van der Waals surface area (Å²) in [6.45, 7) is -0.357. The third kappa shape index (κ3) is 5.12. The summed E-state index contributed by atoms with van der Waals surface area (Å²) in [7, 11) is 0. The molecule has 128 valence electrons.